The number of nitrogens with zero attached hydrogens (tertiary/aromatic N) is 3. The third-order valence-corrected chi connectivity index (χ3v) is 9.64. The zero-order valence-corrected chi connectivity index (χ0v) is 30.7. The van der Waals surface area contributed by atoms with Gasteiger partial charge in [-0.1, -0.05) is 78.9 Å². The number of aromatic nitrogens is 1. The average molecular weight is 746 g/mol. The predicted molar refractivity (Wildman–Crippen MR) is 213 cm³/mol. The van der Waals surface area contributed by atoms with Crippen LogP contribution in [0.5, 0.6) is 0 Å². The number of amides is 4. The third-order valence-electron chi connectivity index (χ3n) is 9.64. The lowest BCUT2D eigenvalue weighted by Crippen LogP contribution is -2.51. The van der Waals surface area contributed by atoms with Gasteiger partial charge < -0.3 is 37.3 Å². The molecule has 1 saturated heterocycles. The Hall–Kier alpha value is -6.21. The monoisotopic (exact) mass is 745 g/mol. The predicted octanol–water partition coefficient (Wildman–Crippen LogP) is 5.14. The van der Waals surface area contributed by atoms with E-state index in [4.69, 9.17) is 11.5 Å². The van der Waals surface area contributed by atoms with Gasteiger partial charge in [-0.15, -0.1) is 0 Å². The van der Waals surface area contributed by atoms with Crippen molar-refractivity contribution >= 4 is 40.4 Å². The minimum Gasteiger partial charge on any atom is -0.370 e. The molecule has 2 heterocycles. The van der Waals surface area contributed by atoms with Gasteiger partial charge in [-0.3, -0.25) is 19.5 Å². The van der Waals surface area contributed by atoms with Gasteiger partial charge in [0.25, 0.3) is 0 Å². The number of hydrogen-bond donors (Lipinski definition) is 6. The van der Waals surface area contributed by atoms with Gasteiger partial charge in [0, 0.05) is 43.4 Å². The number of likely N-dealkylation sites (tertiary alicyclic amines) is 1. The molecule has 1 fully saturated rings. The summed E-state index contributed by atoms with van der Waals surface area (Å²) in [4.78, 5) is 47.5. The number of benzene rings is 4. The minimum atomic E-state index is -1.12. The number of aliphatic imine (C=N–C) groups is 1. The maximum atomic E-state index is 14.0. The number of rotatable bonds is 16. The number of carbonyl (C=O) groups excluding carboxylic acids is 3. The molecule has 8 N–H and O–H groups in total. The van der Waals surface area contributed by atoms with Crippen molar-refractivity contribution in [2.24, 2.45) is 16.5 Å². The van der Waals surface area contributed by atoms with Crippen LogP contribution in [-0.2, 0) is 29.2 Å². The lowest BCUT2D eigenvalue weighted by molar-refractivity contribution is -0.130. The molecule has 4 aromatic carbocycles. The van der Waals surface area contributed by atoms with Crippen LogP contribution in [-0.4, -0.2) is 58.9 Å². The van der Waals surface area contributed by atoms with E-state index >= 15 is 0 Å². The van der Waals surface area contributed by atoms with E-state index in [1.54, 1.807) is 36.4 Å². The largest absolute Gasteiger partial charge is 0.370 e. The van der Waals surface area contributed by atoms with Crippen molar-refractivity contribution in [2.45, 2.75) is 57.4 Å². The van der Waals surface area contributed by atoms with Crippen LogP contribution in [0.3, 0.4) is 0 Å². The average Bonchev–Trinajstić information content (AvgIpc) is 3.83. The maximum absolute atomic E-state index is 14.0. The first-order chi connectivity index (χ1) is 26.7. The number of anilines is 1. The van der Waals surface area contributed by atoms with Gasteiger partial charge in [-0.2, -0.15) is 0 Å². The van der Waals surface area contributed by atoms with Gasteiger partial charge in [-0.05, 0) is 85.3 Å². The van der Waals surface area contributed by atoms with Crippen molar-refractivity contribution < 1.29 is 18.8 Å². The molecular weight excluding hydrogens is 698 g/mol. The summed E-state index contributed by atoms with van der Waals surface area (Å²) in [6, 6.07) is 27.9. The van der Waals surface area contributed by atoms with Gasteiger partial charge in [-0.25, -0.2) is 9.18 Å². The lowest BCUT2D eigenvalue weighted by Gasteiger charge is -2.24. The highest BCUT2D eigenvalue weighted by Gasteiger charge is 2.28. The molecule has 6 rings (SSSR count). The van der Waals surface area contributed by atoms with Crippen LogP contribution < -0.4 is 32.7 Å². The fourth-order valence-electron chi connectivity index (χ4n) is 6.85. The number of nitrogens with one attached hydrogen (secondary N) is 4. The number of nitrogens with two attached hydrogens (primary N) is 2. The van der Waals surface area contributed by atoms with E-state index in [0.717, 1.165) is 41.7 Å². The number of halogens is 1. The molecule has 1 aliphatic rings. The van der Waals surface area contributed by atoms with Crippen molar-refractivity contribution in [2.75, 3.05) is 25.0 Å². The quantitative estimate of drug-likeness (QED) is 0.0464. The summed E-state index contributed by atoms with van der Waals surface area (Å²) in [6.45, 7) is 4.00. The van der Waals surface area contributed by atoms with Crippen LogP contribution in [0.1, 0.15) is 54.0 Å². The molecule has 1 aromatic heterocycles. The van der Waals surface area contributed by atoms with Crippen molar-refractivity contribution in [1.82, 2.24) is 25.4 Å². The fraction of sp³-hybridized carbons (Fsp3) is 0.286. The molecule has 5 aromatic rings. The second-order valence-electron chi connectivity index (χ2n) is 13.8. The van der Waals surface area contributed by atoms with Crippen molar-refractivity contribution in [3.63, 3.8) is 0 Å². The van der Waals surface area contributed by atoms with E-state index in [0.29, 0.717) is 24.2 Å². The zero-order chi connectivity index (χ0) is 38.6. The number of hydrogen-bond acceptors (Lipinski definition) is 5. The Labute approximate surface area is 320 Å². The molecule has 0 aliphatic carbocycles. The van der Waals surface area contributed by atoms with Crippen LogP contribution >= 0.6 is 0 Å². The summed E-state index contributed by atoms with van der Waals surface area (Å²) >= 11 is 0. The van der Waals surface area contributed by atoms with Gasteiger partial charge in [0.05, 0.1) is 5.52 Å². The second-order valence-corrected chi connectivity index (χ2v) is 13.8. The molecule has 13 heteroatoms. The number of carbonyl (C=O) groups is 3. The molecule has 12 nitrogen and oxygen atoms in total. The summed E-state index contributed by atoms with van der Waals surface area (Å²) in [5.41, 5.74) is 16.0. The van der Waals surface area contributed by atoms with Crippen molar-refractivity contribution in [3.8, 4) is 0 Å². The van der Waals surface area contributed by atoms with Gasteiger partial charge in [0.2, 0.25) is 11.8 Å². The molecule has 0 unspecified atom stereocenters. The summed E-state index contributed by atoms with van der Waals surface area (Å²) in [5.74, 6) is -1.28. The standard InChI is InChI=1S/C42H48FN9O3/c43-33-17-15-30(16-18-33)26-52-28-32(27-51-22-7-8-23-51)35-20-19-34(24-37(35)52)48-42(55)50-38(31-12-5-2-6-13-31)40(54)49-36(14-9-21-46-41(44)45)39(53)47-25-29-10-3-1-4-11-29/h1-6,10-13,15-20,24,28,36,38H,7-9,14,21-23,25-27H2,(H,47,53)(H,49,54)(H4,44,45,46)(H2,48,50,55)/t36-,38-/m0/s1. The molecule has 0 radical (unpaired) electrons. The van der Waals surface area contributed by atoms with Crippen LogP contribution in [0.25, 0.3) is 10.9 Å². The Kier molecular flexibility index (Phi) is 13.1. The molecule has 0 spiro atoms. The molecule has 286 valence electrons. The highest BCUT2D eigenvalue weighted by molar-refractivity contribution is 5.97. The van der Waals surface area contributed by atoms with Crippen LogP contribution in [0, 0.1) is 5.82 Å². The molecule has 0 saturated carbocycles. The normalized spacial score (nSPS) is 13.8. The number of urea groups is 1. The summed E-state index contributed by atoms with van der Waals surface area (Å²) in [5, 5.41) is 12.6. The van der Waals surface area contributed by atoms with E-state index in [2.05, 4.69) is 41.9 Å². The minimum absolute atomic E-state index is 0.0591. The Morgan fingerprint density at radius 1 is 0.800 bits per heavy atom. The highest BCUT2D eigenvalue weighted by atomic mass is 19.1. The van der Waals surface area contributed by atoms with Gasteiger partial charge in [0.1, 0.15) is 17.9 Å². The Morgan fingerprint density at radius 2 is 1.51 bits per heavy atom. The van der Waals surface area contributed by atoms with Gasteiger partial charge >= 0.3 is 6.03 Å². The van der Waals surface area contributed by atoms with Crippen LogP contribution in [0.4, 0.5) is 14.9 Å². The Morgan fingerprint density at radius 3 is 2.22 bits per heavy atom. The summed E-state index contributed by atoms with van der Waals surface area (Å²) < 4.78 is 15.8. The summed E-state index contributed by atoms with van der Waals surface area (Å²) in [6.07, 6.45) is 5.18. The van der Waals surface area contributed by atoms with Crippen LogP contribution in [0.2, 0.25) is 0 Å². The molecule has 0 bridgehead atoms. The SMILES string of the molecule is NC(N)=NCCC[C@H](NC(=O)[C@@H](NC(=O)Nc1ccc2c(CN3CCCC3)cn(Cc3ccc(F)cc3)c2c1)c1ccccc1)C(=O)NCc1ccccc1. The Bertz CT molecular complexity index is 2080. The first kappa shape index (κ1) is 38.5. The molecule has 2 atom stereocenters. The zero-order valence-electron chi connectivity index (χ0n) is 30.7. The van der Waals surface area contributed by atoms with Crippen molar-refractivity contribution in [1.29, 1.82) is 0 Å². The lowest BCUT2D eigenvalue weighted by atomic mass is 10.0. The van der Waals surface area contributed by atoms with Crippen LogP contribution in [0.15, 0.2) is 114 Å². The first-order valence-electron chi connectivity index (χ1n) is 18.6. The number of guanidine groups is 1. The smallest absolute Gasteiger partial charge is 0.320 e. The molecule has 4 amide bonds. The Balaban J connectivity index is 1.19. The molecule has 55 heavy (non-hydrogen) atoms. The van der Waals surface area contributed by atoms with E-state index in [1.807, 2.05) is 54.6 Å². The van der Waals surface area contributed by atoms with E-state index in [-0.39, 0.29) is 37.2 Å². The van der Waals surface area contributed by atoms with E-state index < -0.39 is 24.0 Å². The third kappa shape index (κ3) is 10.9. The van der Waals surface area contributed by atoms with Crippen molar-refractivity contribution in [3.05, 3.63) is 137 Å². The molecule has 1 aliphatic heterocycles. The van der Waals surface area contributed by atoms with Gasteiger partial charge in [0.15, 0.2) is 5.96 Å². The fourth-order valence-corrected chi connectivity index (χ4v) is 6.85. The van der Waals surface area contributed by atoms with E-state index in [9.17, 15) is 18.8 Å². The maximum Gasteiger partial charge on any atom is 0.320 e. The number of fused-ring (bicyclic) bond motifs is 1. The van der Waals surface area contributed by atoms with E-state index in [1.165, 1.54) is 30.5 Å². The highest BCUT2D eigenvalue weighted by Crippen LogP contribution is 2.28. The second kappa shape index (κ2) is 18.7. The first-order valence-corrected chi connectivity index (χ1v) is 18.6. The molecular formula is C42H48FN9O3. The summed E-state index contributed by atoms with van der Waals surface area (Å²) in [7, 11) is 0. The topological polar surface area (TPSA) is 172 Å².